The number of rotatable bonds is 6. The molecule has 0 aliphatic heterocycles. The Hall–Kier alpha value is -0.760. The molecule has 2 heteroatoms. The molecule has 2 nitrogen and oxygen atoms in total. The molecule has 1 rings (SSSR count). The molecule has 1 heterocycles. The smallest absolute Gasteiger partial charge is 0.0645 e. The first-order chi connectivity index (χ1) is 6.29. The van der Waals surface area contributed by atoms with E-state index in [1.807, 2.05) is 12.1 Å². The van der Waals surface area contributed by atoms with E-state index in [1.165, 1.54) is 0 Å². The molecule has 0 bridgehead atoms. The Morgan fingerprint density at radius 1 is 1.15 bits per heavy atom. The van der Waals surface area contributed by atoms with Crippen molar-refractivity contribution in [3.05, 3.63) is 24.5 Å². The van der Waals surface area contributed by atoms with Crippen LogP contribution >= 0.6 is 0 Å². The molecule has 1 aromatic rings. The zero-order chi connectivity index (χ0) is 9.52. The van der Waals surface area contributed by atoms with Gasteiger partial charge in [0.05, 0.1) is 6.61 Å². The molecular weight excluding hydrogens is 162 g/mol. The Morgan fingerprint density at radius 3 is 2.46 bits per heavy atom. The first-order valence-electron chi connectivity index (χ1n) is 4.97. The van der Waals surface area contributed by atoms with E-state index in [1.54, 1.807) is 0 Å². The second-order valence-corrected chi connectivity index (χ2v) is 3.72. The van der Waals surface area contributed by atoms with Gasteiger partial charge in [-0.05, 0) is 24.5 Å². The first-order valence-corrected chi connectivity index (χ1v) is 4.97. The minimum absolute atomic E-state index is 0.742. The Balaban J connectivity index is 1.96. The molecule has 0 spiro atoms. The van der Waals surface area contributed by atoms with E-state index in [-0.39, 0.29) is 0 Å². The van der Waals surface area contributed by atoms with Gasteiger partial charge in [-0.15, -0.1) is 0 Å². The summed E-state index contributed by atoms with van der Waals surface area (Å²) in [5, 5.41) is 0. The molecule has 0 saturated carbocycles. The highest BCUT2D eigenvalue weighted by Crippen LogP contribution is 1.99. The maximum absolute atomic E-state index is 5.50. The van der Waals surface area contributed by atoms with Crippen molar-refractivity contribution in [3.8, 4) is 0 Å². The van der Waals surface area contributed by atoms with E-state index >= 15 is 0 Å². The van der Waals surface area contributed by atoms with Gasteiger partial charge in [0.25, 0.3) is 0 Å². The summed E-state index contributed by atoms with van der Waals surface area (Å²) in [6, 6.07) is 4.07. The van der Waals surface area contributed by atoms with E-state index in [0.29, 0.717) is 0 Å². The Kier molecular flexibility index (Phi) is 4.61. The van der Waals surface area contributed by atoms with Gasteiger partial charge in [0, 0.05) is 25.5 Å². The Bertz CT molecular complexity index is 204. The number of nitrogens with zero attached hydrogens (tertiary/aromatic N) is 1. The number of aromatic nitrogens is 1. The monoisotopic (exact) mass is 181 g/mol. The molecule has 0 aromatic carbocycles. The van der Waals surface area contributed by atoms with Crippen LogP contribution in [0.15, 0.2) is 24.5 Å². The Morgan fingerprint density at radius 2 is 1.85 bits per heavy atom. The van der Waals surface area contributed by atoms with Crippen LogP contribution in [0, 0.1) is 5.92 Å². The van der Waals surface area contributed by atoms with Gasteiger partial charge in [0.2, 0.25) is 0 Å². The van der Waals surface area contributed by atoms with Crippen LogP contribution in [-0.2, 0) is 11.3 Å². The summed E-state index contributed by atoms with van der Waals surface area (Å²) < 4.78 is 7.63. The lowest BCUT2D eigenvalue weighted by atomic mass is 10.1. The van der Waals surface area contributed by atoms with Crippen molar-refractivity contribution < 1.29 is 4.74 Å². The molecule has 0 fully saturated rings. The van der Waals surface area contributed by atoms with Crippen LogP contribution in [0.3, 0.4) is 0 Å². The first kappa shape index (κ1) is 10.3. The topological polar surface area (TPSA) is 14.2 Å². The number of ether oxygens (including phenoxy) is 1. The predicted molar refractivity (Wildman–Crippen MR) is 54.7 cm³/mol. The predicted octanol–water partition coefficient (Wildman–Crippen LogP) is 2.55. The van der Waals surface area contributed by atoms with Crippen LogP contribution in [0.4, 0.5) is 0 Å². The average Bonchev–Trinajstić information content (AvgIpc) is 2.55. The highest BCUT2D eigenvalue weighted by Gasteiger charge is 1.93. The zero-order valence-corrected chi connectivity index (χ0v) is 8.57. The fourth-order valence-electron chi connectivity index (χ4n) is 1.11. The second-order valence-electron chi connectivity index (χ2n) is 3.72. The summed E-state index contributed by atoms with van der Waals surface area (Å²) >= 11 is 0. The molecule has 0 atom stereocenters. The van der Waals surface area contributed by atoms with Crippen molar-refractivity contribution in [1.29, 1.82) is 0 Å². The van der Waals surface area contributed by atoms with Gasteiger partial charge in [-0.3, -0.25) is 0 Å². The van der Waals surface area contributed by atoms with Crippen LogP contribution in [0.5, 0.6) is 0 Å². The summed E-state index contributed by atoms with van der Waals surface area (Å²) in [4.78, 5) is 0. The molecule has 0 aliphatic carbocycles. The van der Waals surface area contributed by atoms with Gasteiger partial charge >= 0.3 is 0 Å². The molecule has 1 aromatic heterocycles. The second kappa shape index (κ2) is 5.81. The van der Waals surface area contributed by atoms with Crippen molar-refractivity contribution in [2.24, 2.45) is 5.92 Å². The van der Waals surface area contributed by atoms with Gasteiger partial charge in [-0.1, -0.05) is 13.8 Å². The number of hydrogen-bond donors (Lipinski definition) is 0. The number of hydrogen-bond acceptors (Lipinski definition) is 1. The molecule has 0 radical (unpaired) electrons. The molecular formula is C11H19NO. The third-order valence-electron chi connectivity index (χ3n) is 2.00. The summed E-state index contributed by atoms with van der Waals surface area (Å²) in [7, 11) is 0. The fourth-order valence-corrected chi connectivity index (χ4v) is 1.11. The highest BCUT2D eigenvalue weighted by atomic mass is 16.5. The van der Waals surface area contributed by atoms with Crippen LogP contribution in [0.1, 0.15) is 20.3 Å². The normalized spacial score (nSPS) is 11.0. The molecule has 0 N–H and O–H groups in total. The van der Waals surface area contributed by atoms with Crippen LogP contribution in [0.2, 0.25) is 0 Å². The Labute approximate surface area is 80.5 Å². The van der Waals surface area contributed by atoms with Crippen molar-refractivity contribution in [2.45, 2.75) is 26.8 Å². The summed E-state index contributed by atoms with van der Waals surface area (Å²) in [5.74, 6) is 0.742. The summed E-state index contributed by atoms with van der Waals surface area (Å²) in [6.45, 7) is 7.11. The lowest BCUT2D eigenvalue weighted by molar-refractivity contribution is 0.116. The molecule has 0 saturated heterocycles. The SMILES string of the molecule is CC(C)CCOCCn1cccc1. The van der Waals surface area contributed by atoms with E-state index in [9.17, 15) is 0 Å². The van der Waals surface area contributed by atoms with Gasteiger partial charge in [0.1, 0.15) is 0 Å². The lowest BCUT2D eigenvalue weighted by Gasteiger charge is -2.06. The van der Waals surface area contributed by atoms with E-state index in [2.05, 4.69) is 30.8 Å². The minimum atomic E-state index is 0.742. The van der Waals surface area contributed by atoms with Gasteiger partial charge in [-0.25, -0.2) is 0 Å². The van der Waals surface area contributed by atoms with Gasteiger partial charge in [-0.2, -0.15) is 0 Å². The minimum Gasteiger partial charge on any atom is -0.380 e. The van der Waals surface area contributed by atoms with Crippen molar-refractivity contribution in [1.82, 2.24) is 4.57 Å². The third-order valence-corrected chi connectivity index (χ3v) is 2.00. The standard InChI is InChI=1S/C11H19NO/c1-11(2)5-9-13-10-8-12-6-3-4-7-12/h3-4,6-7,11H,5,8-10H2,1-2H3. The highest BCUT2D eigenvalue weighted by molar-refractivity contribution is 4.89. The maximum atomic E-state index is 5.50. The van der Waals surface area contributed by atoms with Crippen LogP contribution in [0.25, 0.3) is 0 Å². The third kappa shape index (κ3) is 4.73. The molecule has 13 heavy (non-hydrogen) atoms. The quantitative estimate of drug-likeness (QED) is 0.615. The van der Waals surface area contributed by atoms with Gasteiger partial charge < -0.3 is 9.30 Å². The zero-order valence-electron chi connectivity index (χ0n) is 8.57. The largest absolute Gasteiger partial charge is 0.380 e. The van der Waals surface area contributed by atoms with Crippen molar-refractivity contribution >= 4 is 0 Å². The molecule has 0 aliphatic rings. The lowest BCUT2D eigenvalue weighted by Crippen LogP contribution is -2.06. The molecule has 74 valence electrons. The molecule has 0 amide bonds. The maximum Gasteiger partial charge on any atom is 0.0645 e. The van der Waals surface area contributed by atoms with Crippen molar-refractivity contribution in [3.63, 3.8) is 0 Å². The summed E-state index contributed by atoms with van der Waals surface area (Å²) in [5.41, 5.74) is 0. The fraction of sp³-hybridized carbons (Fsp3) is 0.636. The average molecular weight is 181 g/mol. The van der Waals surface area contributed by atoms with Crippen molar-refractivity contribution in [2.75, 3.05) is 13.2 Å². The van der Waals surface area contributed by atoms with E-state index < -0.39 is 0 Å². The summed E-state index contributed by atoms with van der Waals surface area (Å²) in [6.07, 6.45) is 5.28. The van der Waals surface area contributed by atoms with Gasteiger partial charge in [0.15, 0.2) is 0 Å². The van der Waals surface area contributed by atoms with Crippen LogP contribution in [-0.4, -0.2) is 17.8 Å². The van der Waals surface area contributed by atoms with E-state index in [0.717, 1.165) is 32.1 Å². The van der Waals surface area contributed by atoms with Crippen LogP contribution < -0.4 is 0 Å². The molecule has 0 unspecified atom stereocenters. The van der Waals surface area contributed by atoms with E-state index in [4.69, 9.17) is 4.74 Å².